The van der Waals surface area contributed by atoms with E-state index in [1.54, 1.807) is 0 Å². The first kappa shape index (κ1) is 40.9. The molecule has 9 rings (SSSR count). The van der Waals surface area contributed by atoms with Crippen LogP contribution < -0.4 is 0 Å². The van der Waals surface area contributed by atoms with Gasteiger partial charge in [-0.15, -0.1) is 0 Å². The second-order valence-electron chi connectivity index (χ2n) is 17.4. The summed E-state index contributed by atoms with van der Waals surface area (Å²) < 4.78 is 0. The van der Waals surface area contributed by atoms with E-state index in [0.717, 1.165) is 0 Å². The molecule has 0 spiro atoms. The third kappa shape index (κ3) is 10.3. The lowest BCUT2D eigenvalue weighted by Crippen LogP contribution is -2.04. The summed E-state index contributed by atoms with van der Waals surface area (Å²) in [4.78, 5) is 0. The molecule has 0 N–H and O–H groups in total. The molecule has 0 bridgehead atoms. The van der Waals surface area contributed by atoms with Crippen molar-refractivity contribution in [2.75, 3.05) is 0 Å². The van der Waals surface area contributed by atoms with Crippen molar-refractivity contribution < 1.29 is 0 Å². The normalized spacial score (nSPS) is 15.7. The molecule has 2 saturated carbocycles. The van der Waals surface area contributed by atoms with E-state index >= 15 is 0 Å². The number of hydrogen-bond acceptors (Lipinski definition) is 0. The van der Waals surface area contributed by atoms with Crippen LogP contribution in [-0.4, -0.2) is 0 Å². The molecule has 2 aliphatic rings. The molecule has 0 radical (unpaired) electrons. The average molecular weight is 803 g/mol. The molecule has 2 aliphatic carbocycles. The van der Waals surface area contributed by atoms with Crippen molar-refractivity contribution in [2.24, 2.45) is 0 Å². The van der Waals surface area contributed by atoms with Gasteiger partial charge in [-0.25, -0.2) is 0 Å². The minimum absolute atomic E-state index is 0.704. The Kier molecular flexibility index (Phi) is 13.4. The van der Waals surface area contributed by atoms with Crippen LogP contribution in [0.2, 0.25) is 0 Å². The van der Waals surface area contributed by atoms with Crippen LogP contribution in [0.1, 0.15) is 143 Å². The first-order valence-electron chi connectivity index (χ1n) is 23.1. The molecule has 0 saturated heterocycles. The summed E-state index contributed by atoms with van der Waals surface area (Å²) in [6.45, 7) is 0. The van der Waals surface area contributed by atoms with Crippen LogP contribution in [0.3, 0.4) is 0 Å². The minimum Gasteiger partial charge on any atom is -0.0622 e. The smallest absolute Gasteiger partial charge is 0.0105 e. The maximum absolute atomic E-state index is 2.38. The van der Waals surface area contributed by atoms with Gasteiger partial charge in [0.15, 0.2) is 0 Å². The van der Waals surface area contributed by atoms with E-state index in [-0.39, 0.29) is 0 Å². The lowest BCUT2D eigenvalue weighted by atomic mass is 9.83. The van der Waals surface area contributed by atoms with Crippen LogP contribution in [0.25, 0.3) is 47.6 Å². The van der Waals surface area contributed by atoms with Crippen LogP contribution in [0.4, 0.5) is 0 Å². The van der Waals surface area contributed by atoms with Gasteiger partial charge in [0.1, 0.15) is 0 Å². The molecule has 306 valence electrons. The molecular weight excluding hydrogens is 745 g/mol. The Morgan fingerprint density at radius 2 is 0.613 bits per heavy atom. The van der Waals surface area contributed by atoms with Crippen LogP contribution in [0, 0.1) is 0 Å². The van der Waals surface area contributed by atoms with Crippen LogP contribution in [-0.2, 0) is 0 Å². The Labute approximate surface area is 370 Å². The molecule has 0 aromatic heterocycles. The van der Waals surface area contributed by atoms with Crippen molar-refractivity contribution in [3.63, 3.8) is 0 Å². The second kappa shape index (κ2) is 20.4. The van der Waals surface area contributed by atoms with Crippen molar-refractivity contribution in [1.29, 1.82) is 0 Å². The average Bonchev–Trinajstić information content (AvgIpc) is 3.36. The molecule has 0 unspecified atom stereocenters. The first-order chi connectivity index (χ1) is 30.7. The summed E-state index contributed by atoms with van der Waals surface area (Å²) in [6.07, 6.45) is 27.1. The summed E-state index contributed by atoms with van der Waals surface area (Å²) in [5, 5.41) is 0. The number of benzene rings is 7. The van der Waals surface area contributed by atoms with Crippen molar-refractivity contribution in [3.05, 3.63) is 249 Å². The summed E-state index contributed by atoms with van der Waals surface area (Å²) in [6, 6.07) is 66.8. The molecule has 0 amide bonds. The van der Waals surface area contributed by atoms with E-state index in [0.29, 0.717) is 11.8 Å². The topological polar surface area (TPSA) is 0 Å². The quantitative estimate of drug-likeness (QED) is 0.108. The van der Waals surface area contributed by atoms with Gasteiger partial charge in [0, 0.05) is 0 Å². The van der Waals surface area contributed by atoms with Crippen LogP contribution in [0.15, 0.2) is 182 Å². The summed E-state index contributed by atoms with van der Waals surface area (Å²) in [5.41, 5.74) is 17.6. The molecule has 0 aliphatic heterocycles. The molecule has 0 heteroatoms. The minimum atomic E-state index is 0.704. The number of hydrogen-bond donors (Lipinski definition) is 0. The van der Waals surface area contributed by atoms with Crippen molar-refractivity contribution >= 4 is 47.6 Å². The maximum Gasteiger partial charge on any atom is -0.0105 e. The zero-order valence-electron chi connectivity index (χ0n) is 36.0. The predicted octanol–water partition coefficient (Wildman–Crippen LogP) is 17.3. The maximum atomic E-state index is 2.38. The highest BCUT2D eigenvalue weighted by Gasteiger charge is 2.17. The molecule has 7 aromatic carbocycles. The Hall–Kier alpha value is -6.50. The Balaban J connectivity index is 0.935. The van der Waals surface area contributed by atoms with E-state index in [4.69, 9.17) is 0 Å². The summed E-state index contributed by atoms with van der Waals surface area (Å²) in [7, 11) is 0. The predicted molar refractivity (Wildman–Crippen MR) is 269 cm³/mol. The largest absolute Gasteiger partial charge is 0.0622 e. The molecule has 2 fully saturated rings. The standard InChI is InChI=1S/C62H58/c1-5-17-49(18-6-1)53-37-41-57(42-38-53)61(55-23-9-3-10-24-55)45-59-27-15-13-21-51(59)35-33-47-29-31-48(32-30-47)34-36-52-22-14-16-28-60(52)46-62(56-25-11-4-12-26-56)58-43-39-54(40-44-58)50-19-7-2-8-20-50/h3-4,9-16,21-46,49-50H,1-2,5-8,17-20H2/b35-33?,36-34?,61-45-,62-46-. The van der Waals surface area contributed by atoms with Gasteiger partial charge < -0.3 is 0 Å². The van der Waals surface area contributed by atoms with Gasteiger partial charge in [0.25, 0.3) is 0 Å². The molecule has 0 nitrogen and oxygen atoms in total. The van der Waals surface area contributed by atoms with Crippen molar-refractivity contribution in [1.82, 2.24) is 0 Å². The van der Waals surface area contributed by atoms with Crippen molar-refractivity contribution in [2.45, 2.75) is 76.0 Å². The SMILES string of the molecule is C(=Cc1ccccc1/C=C(/c1ccccc1)c1ccc(C2CCCCC2)cc1)c1ccc(C=Cc2ccccc2/C=C(/c2ccccc2)c2ccc(C3CCCCC3)cc2)cc1. The third-order valence-electron chi connectivity index (χ3n) is 13.2. The van der Waals surface area contributed by atoms with Gasteiger partial charge in [0.2, 0.25) is 0 Å². The van der Waals surface area contributed by atoms with Gasteiger partial charge in [-0.2, -0.15) is 0 Å². The van der Waals surface area contributed by atoms with E-state index in [2.05, 4.69) is 218 Å². The Morgan fingerprint density at radius 3 is 0.984 bits per heavy atom. The molecular formula is C62H58. The molecule has 62 heavy (non-hydrogen) atoms. The van der Waals surface area contributed by atoms with Gasteiger partial charge in [-0.1, -0.05) is 245 Å². The first-order valence-corrected chi connectivity index (χ1v) is 23.1. The fourth-order valence-corrected chi connectivity index (χ4v) is 9.63. The molecule has 0 heterocycles. The van der Waals surface area contributed by atoms with E-state index in [1.165, 1.54) is 142 Å². The van der Waals surface area contributed by atoms with Gasteiger partial charge in [-0.05, 0) is 128 Å². The highest BCUT2D eigenvalue weighted by molar-refractivity contribution is 5.94. The van der Waals surface area contributed by atoms with Gasteiger partial charge in [0.05, 0.1) is 0 Å². The molecule has 7 aromatic rings. The third-order valence-corrected chi connectivity index (χ3v) is 13.2. The fraction of sp³-hybridized carbons (Fsp3) is 0.194. The fourth-order valence-electron chi connectivity index (χ4n) is 9.63. The van der Waals surface area contributed by atoms with Gasteiger partial charge >= 0.3 is 0 Å². The lowest BCUT2D eigenvalue weighted by Gasteiger charge is -2.22. The van der Waals surface area contributed by atoms with Crippen molar-refractivity contribution in [3.8, 4) is 0 Å². The lowest BCUT2D eigenvalue weighted by molar-refractivity contribution is 0.443. The van der Waals surface area contributed by atoms with E-state index in [1.807, 2.05) is 0 Å². The summed E-state index contributed by atoms with van der Waals surface area (Å²) in [5.74, 6) is 1.41. The number of rotatable bonds is 12. The zero-order chi connectivity index (χ0) is 41.8. The van der Waals surface area contributed by atoms with Crippen LogP contribution in [0.5, 0.6) is 0 Å². The highest BCUT2D eigenvalue weighted by Crippen LogP contribution is 2.36. The van der Waals surface area contributed by atoms with Crippen LogP contribution >= 0.6 is 0 Å². The van der Waals surface area contributed by atoms with E-state index in [9.17, 15) is 0 Å². The van der Waals surface area contributed by atoms with Gasteiger partial charge in [-0.3, -0.25) is 0 Å². The summed E-state index contributed by atoms with van der Waals surface area (Å²) >= 11 is 0. The Morgan fingerprint density at radius 1 is 0.290 bits per heavy atom. The second-order valence-corrected chi connectivity index (χ2v) is 17.4. The zero-order valence-corrected chi connectivity index (χ0v) is 36.0. The molecule has 0 atom stereocenters. The monoisotopic (exact) mass is 802 g/mol. The van der Waals surface area contributed by atoms with E-state index < -0.39 is 0 Å². The highest BCUT2D eigenvalue weighted by atomic mass is 14.2. The Bertz CT molecular complexity index is 2440.